The highest BCUT2D eigenvalue weighted by molar-refractivity contribution is 5.77. The van der Waals surface area contributed by atoms with Gasteiger partial charge in [-0.1, -0.05) is 0 Å². The first-order valence-corrected chi connectivity index (χ1v) is 4.75. The zero-order valence-corrected chi connectivity index (χ0v) is 8.96. The summed E-state index contributed by atoms with van der Waals surface area (Å²) < 4.78 is 5.34. The highest BCUT2D eigenvalue weighted by Gasteiger charge is 2.04. The van der Waals surface area contributed by atoms with Gasteiger partial charge < -0.3 is 20.4 Å². The monoisotopic (exact) mass is 212 g/mol. The molecule has 0 fully saturated rings. The Bertz CT molecular complexity index is 311. The maximum atomic E-state index is 11.1. The van der Waals surface area contributed by atoms with Crippen LogP contribution in [0.3, 0.4) is 0 Å². The number of carbonyl (C=O) groups is 1. The van der Waals surface area contributed by atoms with E-state index in [-0.39, 0.29) is 5.91 Å². The summed E-state index contributed by atoms with van der Waals surface area (Å²) in [5, 5.41) is 8.38. The van der Waals surface area contributed by atoms with Gasteiger partial charge in [0.25, 0.3) is 0 Å². The lowest BCUT2D eigenvalue weighted by atomic mass is 10.5. The Morgan fingerprint density at radius 3 is 2.87 bits per heavy atom. The van der Waals surface area contributed by atoms with Crippen LogP contribution in [0.2, 0.25) is 0 Å². The average Bonchev–Trinajstić information content (AvgIpc) is 2.64. The predicted octanol–water partition coefficient (Wildman–Crippen LogP) is -0.770. The van der Waals surface area contributed by atoms with Crippen molar-refractivity contribution < 1.29 is 9.21 Å². The molecule has 0 aliphatic rings. The van der Waals surface area contributed by atoms with Crippen LogP contribution in [-0.4, -0.2) is 31.5 Å². The van der Waals surface area contributed by atoms with Gasteiger partial charge in [-0.05, 0) is 14.1 Å². The summed E-state index contributed by atoms with van der Waals surface area (Å²) in [6.45, 7) is 1.26. The third-order valence-corrected chi connectivity index (χ3v) is 1.73. The van der Waals surface area contributed by atoms with Gasteiger partial charge in [0, 0.05) is 0 Å². The molecule has 0 spiro atoms. The fourth-order valence-electron chi connectivity index (χ4n) is 1.08. The first kappa shape index (κ1) is 11.7. The molecule has 0 unspecified atom stereocenters. The van der Waals surface area contributed by atoms with Crippen LogP contribution in [0.5, 0.6) is 0 Å². The molecule has 0 aliphatic carbocycles. The summed E-state index contributed by atoms with van der Waals surface area (Å²) in [6, 6.07) is 0. The Morgan fingerprint density at radius 1 is 1.40 bits per heavy atom. The van der Waals surface area contributed by atoms with Crippen molar-refractivity contribution >= 4 is 5.91 Å². The highest BCUT2D eigenvalue weighted by atomic mass is 16.4. The van der Waals surface area contributed by atoms with Gasteiger partial charge in [-0.3, -0.25) is 4.79 Å². The van der Waals surface area contributed by atoms with Crippen LogP contribution in [-0.2, 0) is 17.9 Å². The van der Waals surface area contributed by atoms with Crippen LogP contribution in [0.4, 0.5) is 0 Å². The molecule has 1 heterocycles. The number of hydrogen-bond donors (Lipinski definition) is 3. The SMILES string of the molecule is CNCC(=O)NCc1ncc(CNC)o1. The third kappa shape index (κ3) is 4.09. The molecule has 0 saturated heterocycles. The number of hydrogen-bond acceptors (Lipinski definition) is 5. The van der Waals surface area contributed by atoms with Crippen molar-refractivity contribution in [1.29, 1.82) is 0 Å². The Balaban J connectivity index is 2.34. The second-order valence-electron chi connectivity index (χ2n) is 3.06. The maximum Gasteiger partial charge on any atom is 0.234 e. The van der Waals surface area contributed by atoms with E-state index in [1.54, 1.807) is 13.2 Å². The van der Waals surface area contributed by atoms with E-state index in [0.29, 0.717) is 25.5 Å². The normalized spacial score (nSPS) is 10.3. The summed E-state index contributed by atoms with van der Waals surface area (Å²) in [4.78, 5) is 15.1. The summed E-state index contributed by atoms with van der Waals surface area (Å²) in [6.07, 6.45) is 1.65. The van der Waals surface area contributed by atoms with Crippen molar-refractivity contribution in [3.05, 3.63) is 17.8 Å². The molecule has 0 radical (unpaired) electrons. The average molecular weight is 212 g/mol. The van der Waals surface area contributed by atoms with E-state index in [9.17, 15) is 4.79 Å². The summed E-state index contributed by atoms with van der Waals surface area (Å²) >= 11 is 0. The van der Waals surface area contributed by atoms with Crippen molar-refractivity contribution in [2.24, 2.45) is 0 Å². The summed E-state index contributed by atoms with van der Waals surface area (Å²) in [7, 11) is 3.55. The number of nitrogens with one attached hydrogen (secondary N) is 3. The van der Waals surface area contributed by atoms with Crippen LogP contribution in [0.15, 0.2) is 10.6 Å². The molecule has 84 valence electrons. The van der Waals surface area contributed by atoms with Crippen LogP contribution in [0.1, 0.15) is 11.7 Å². The molecule has 0 bridgehead atoms. The predicted molar refractivity (Wildman–Crippen MR) is 55.0 cm³/mol. The molecule has 0 atom stereocenters. The fourth-order valence-corrected chi connectivity index (χ4v) is 1.08. The molecular formula is C9H16N4O2. The molecule has 3 N–H and O–H groups in total. The largest absolute Gasteiger partial charge is 0.442 e. The van der Waals surface area contributed by atoms with Gasteiger partial charge in [0.15, 0.2) is 0 Å². The van der Waals surface area contributed by atoms with Crippen molar-refractivity contribution in [3.8, 4) is 0 Å². The second kappa shape index (κ2) is 6.15. The summed E-state index contributed by atoms with van der Waals surface area (Å²) in [5.41, 5.74) is 0. The van der Waals surface area contributed by atoms with E-state index in [4.69, 9.17) is 4.42 Å². The third-order valence-electron chi connectivity index (χ3n) is 1.73. The molecule has 0 saturated carbocycles. The van der Waals surface area contributed by atoms with Gasteiger partial charge in [0.1, 0.15) is 5.76 Å². The molecule has 1 rings (SSSR count). The standard InChI is InChI=1S/C9H16N4O2/c1-10-3-7-4-13-9(15-7)6-12-8(14)5-11-2/h4,10-11H,3,5-6H2,1-2H3,(H,12,14). The lowest BCUT2D eigenvalue weighted by Crippen LogP contribution is -2.31. The molecule has 1 aromatic rings. The van der Waals surface area contributed by atoms with Gasteiger partial charge in [-0.2, -0.15) is 0 Å². The molecule has 15 heavy (non-hydrogen) atoms. The maximum absolute atomic E-state index is 11.1. The molecule has 1 aromatic heterocycles. The van der Waals surface area contributed by atoms with E-state index < -0.39 is 0 Å². The minimum Gasteiger partial charge on any atom is -0.442 e. The lowest BCUT2D eigenvalue weighted by molar-refractivity contribution is -0.120. The highest BCUT2D eigenvalue weighted by Crippen LogP contribution is 2.02. The minimum atomic E-state index is -0.0779. The van der Waals surface area contributed by atoms with Crippen LogP contribution in [0, 0.1) is 0 Å². The van der Waals surface area contributed by atoms with Crippen molar-refractivity contribution in [3.63, 3.8) is 0 Å². The van der Waals surface area contributed by atoms with E-state index in [1.165, 1.54) is 0 Å². The molecule has 6 nitrogen and oxygen atoms in total. The number of carbonyl (C=O) groups excluding carboxylic acids is 1. The molecule has 0 aromatic carbocycles. The van der Waals surface area contributed by atoms with E-state index in [0.717, 1.165) is 5.76 Å². The van der Waals surface area contributed by atoms with Crippen LogP contribution >= 0.6 is 0 Å². The van der Waals surface area contributed by atoms with Crippen molar-refractivity contribution in [2.75, 3.05) is 20.6 Å². The van der Waals surface area contributed by atoms with Crippen LogP contribution < -0.4 is 16.0 Å². The van der Waals surface area contributed by atoms with E-state index in [2.05, 4.69) is 20.9 Å². The van der Waals surface area contributed by atoms with Gasteiger partial charge >= 0.3 is 0 Å². The topological polar surface area (TPSA) is 79.2 Å². The number of oxazole rings is 1. The van der Waals surface area contributed by atoms with Crippen molar-refractivity contribution in [2.45, 2.75) is 13.1 Å². The molecule has 6 heteroatoms. The van der Waals surface area contributed by atoms with E-state index >= 15 is 0 Å². The van der Waals surface area contributed by atoms with Gasteiger partial charge in [-0.25, -0.2) is 4.98 Å². The Morgan fingerprint density at radius 2 is 2.20 bits per heavy atom. The van der Waals surface area contributed by atoms with Crippen molar-refractivity contribution in [1.82, 2.24) is 20.9 Å². The molecule has 1 amide bonds. The zero-order valence-electron chi connectivity index (χ0n) is 8.96. The Kier molecular flexibility index (Phi) is 4.79. The smallest absolute Gasteiger partial charge is 0.234 e. The van der Waals surface area contributed by atoms with Gasteiger partial charge in [-0.15, -0.1) is 0 Å². The van der Waals surface area contributed by atoms with Gasteiger partial charge in [0.05, 0.1) is 25.8 Å². The number of rotatable bonds is 6. The Labute approximate surface area is 88.4 Å². The minimum absolute atomic E-state index is 0.0779. The quantitative estimate of drug-likeness (QED) is 0.577. The molecular weight excluding hydrogens is 196 g/mol. The van der Waals surface area contributed by atoms with E-state index in [1.807, 2.05) is 7.05 Å². The summed E-state index contributed by atoms with van der Waals surface area (Å²) in [5.74, 6) is 1.20. The number of nitrogens with zero attached hydrogens (tertiary/aromatic N) is 1. The first-order valence-electron chi connectivity index (χ1n) is 4.75. The number of aromatic nitrogens is 1. The van der Waals surface area contributed by atoms with Gasteiger partial charge in [0.2, 0.25) is 11.8 Å². The Hall–Kier alpha value is -1.40. The molecule has 0 aliphatic heterocycles. The van der Waals surface area contributed by atoms with Crippen LogP contribution in [0.25, 0.3) is 0 Å². The first-order chi connectivity index (χ1) is 7.26. The number of likely N-dealkylation sites (N-methyl/N-ethyl adjacent to an activating group) is 1. The number of amides is 1. The second-order valence-corrected chi connectivity index (χ2v) is 3.06. The fraction of sp³-hybridized carbons (Fsp3) is 0.556. The lowest BCUT2D eigenvalue weighted by Gasteiger charge is -2.00. The zero-order chi connectivity index (χ0) is 11.1.